The molecule has 0 aliphatic heterocycles. The summed E-state index contributed by atoms with van der Waals surface area (Å²) in [5.41, 5.74) is 1.43. The Morgan fingerprint density at radius 2 is 1.80 bits per heavy atom. The SMILES string of the molecule is CC(=O)N(N=O)c1c(Br)cc(C)cc1Br. The summed E-state index contributed by atoms with van der Waals surface area (Å²) >= 11 is 6.57. The highest BCUT2D eigenvalue weighted by Gasteiger charge is 2.18. The molecule has 0 aromatic heterocycles. The summed E-state index contributed by atoms with van der Waals surface area (Å²) in [5.74, 6) is -0.435. The Morgan fingerprint density at radius 3 is 2.13 bits per heavy atom. The van der Waals surface area contributed by atoms with Crippen LogP contribution in [-0.4, -0.2) is 5.91 Å². The third-order valence-corrected chi connectivity index (χ3v) is 2.96. The van der Waals surface area contributed by atoms with Crippen molar-refractivity contribution in [3.05, 3.63) is 31.5 Å². The van der Waals surface area contributed by atoms with Crippen LogP contribution in [0.25, 0.3) is 0 Å². The summed E-state index contributed by atoms with van der Waals surface area (Å²) in [5, 5.41) is 3.48. The molecule has 1 rings (SSSR count). The van der Waals surface area contributed by atoms with Gasteiger partial charge in [0.1, 0.15) is 5.69 Å². The van der Waals surface area contributed by atoms with Gasteiger partial charge in [-0.15, -0.1) is 4.91 Å². The smallest absolute Gasteiger partial charge is 0.246 e. The van der Waals surface area contributed by atoms with Gasteiger partial charge in [-0.2, -0.15) is 5.01 Å². The van der Waals surface area contributed by atoms with E-state index in [9.17, 15) is 9.70 Å². The number of rotatable bonds is 2. The molecule has 0 heterocycles. The minimum Gasteiger partial charge on any atom is -0.273 e. The minimum absolute atomic E-state index is 0.420. The largest absolute Gasteiger partial charge is 0.273 e. The quantitative estimate of drug-likeness (QED) is 0.613. The van der Waals surface area contributed by atoms with Crippen molar-refractivity contribution in [1.29, 1.82) is 0 Å². The summed E-state index contributed by atoms with van der Waals surface area (Å²) in [6.45, 7) is 3.19. The fraction of sp³-hybridized carbons (Fsp3) is 0.222. The highest BCUT2D eigenvalue weighted by molar-refractivity contribution is 9.11. The zero-order valence-corrected chi connectivity index (χ0v) is 11.3. The second kappa shape index (κ2) is 4.85. The Morgan fingerprint density at radius 1 is 1.33 bits per heavy atom. The lowest BCUT2D eigenvalue weighted by molar-refractivity contribution is -0.116. The van der Waals surface area contributed by atoms with Gasteiger partial charge in [0.25, 0.3) is 0 Å². The van der Waals surface area contributed by atoms with E-state index >= 15 is 0 Å². The molecular weight excluding hydrogens is 328 g/mol. The zero-order chi connectivity index (χ0) is 11.6. The first-order valence-electron chi connectivity index (χ1n) is 4.07. The van der Waals surface area contributed by atoms with Gasteiger partial charge >= 0.3 is 0 Å². The van der Waals surface area contributed by atoms with Crippen molar-refractivity contribution in [2.45, 2.75) is 13.8 Å². The standard InChI is InChI=1S/C9H8Br2N2O2/c1-5-3-7(10)9(8(11)4-5)13(12-15)6(2)14/h3-4H,1-2H3. The lowest BCUT2D eigenvalue weighted by Gasteiger charge is -2.15. The molecule has 1 aromatic rings. The van der Waals surface area contributed by atoms with Crippen molar-refractivity contribution in [2.75, 3.05) is 5.01 Å². The van der Waals surface area contributed by atoms with Gasteiger partial charge in [0.05, 0.1) is 5.29 Å². The Kier molecular flexibility index (Phi) is 3.98. The van der Waals surface area contributed by atoms with Crippen molar-refractivity contribution in [3.63, 3.8) is 0 Å². The highest BCUT2D eigenvalue weighted by Crippen LogP contribution is 2.35. The van der Waals surface area contributed by atoms with Gasteiger partial charge in [0.2, 0.25) is 5.91 Å². The van der Waals surface area contributed by atoms with Crippen molar-refractivity contribution >= 4 is 43.5 Å². The molecule has 0 aliphatic carbocycles. The van der Waals surface area contributed by atoms with E-state index in [4.69, 9.17) is 0 Å². The number of aryl methyl sites for hydroxylation is 1. The van der Waals surface area contributed by atoms with Gasteiger partial charge in [-0.25, -0.2) is 0 Å². The number of hydrogen-bond acceptors (Lipinski definition) is 3. The molecule has 0 bridgehead atoms. The molecule has 1 aromatic carbocycles. The first-order valence-corrected chi connectivity index (χ1v) is 5.65. The van der Waals surface area contributed by atoms with Crippen LogP contribution < -0.4 is 5.01 Å². The molecule has 0 atom stereocenters. The van der Waals surface area contributed by atoms with Crippen LogP contribution in [0.1, 0.15) is 12.5 Å². The predicted octanol–water partition coefficient (Wildman–Crippen LogP) is 3.55. The molecule has 1 amide bonds. The maximum Gasteiger partial charge on any atom is 0.246 e. The van der Waals surface area contributed by atoms with Gasteiger partial charge < -0.3 is 0 Å². The van der Waals surface area contributed by atoms with Crippen LogP contribution in [0.15, 0.2) is 26.4 Å². The number of carbonyl (C=O) groups is 1. The van der Waals surface area contributed by atoms with Crippen LogP contribution in [0.3, 0.4) is 0 Å². The fourth-order valence-corrected chi connectivity index (χ4v) is 2.90. The van der Waals surface area contributed by atoms with Crippen molar-refractivity contribution in [1.82, 2.24) is 0 Å². The molecule has 4 nitrogen and oxygen atoms in total. The molecular formula is C9H8Br2N2O2. The lowest BCUT2D eigenvalue weighted by Crippen LogP contribution is -2.22. The average Bonchev–Trinajstić information content (AvgIpc) is 2.09. The third kappa shape index (κ3) is 2.63. The first kappa shape index (κ1) is 12.3. The molecule has 0 fully saturated rings. The van der Waals surface area contributed by atoms with E-state index in [0.29, 0.717) is 14.6 Å². The molecule has 0 radical (unpaired) electrons. The summed E-state index contributed by atoms with van der Waals surface area (Å²) in [6, 6.07) is 3.61. The van der Waals surface area contributed by atoms with Crippen LogP contribution in [0.2, 0.25) is 0 Å². The highest BCUT2D eigenvalue weighted by atomic mass is 79.9. The van der Waals surface area contributed by atoms with Crippen LogP contribution in [-0.2, 0) is 4.79 Å². The topological polar surface area (TPSA) is 49.7 Å². The van der Waals surface area contributed by atoms with E-state index in [-0.39, 0.29) is 0 Å². The second-order valence-electron chi connectivity index (χ2n) is 2.99. The number of nitroso groups, excluding NO2 is 1. The number of benzene rings is 1. The number of amides is 1. The molecule has 15 heavy (non-hydrogen) atoms. The van der Waals surface area contributed by atoms with Crippen molar-refractivity contribution in [2.24, 2.45) is 5.29 Å². The number of nitrogens with zero attached hydrogens (tertiary/aromatic N) is 2. The third-order valence-electron chi connectivity index (χ3n) is 1.75. The summed E-state index contributed by atoms with van der Waals surface area (Å²) < 4.78 is 1.29. The monoisotopic (exact) mass is 334 g/mol. The lowest BCUT2D eigenvalue weighted by atomic mass is 10.2. The number of halogens is 2. The summed E-state index contributed by atoms with van der Waals surface area (Å²) in [4.78, 5) is 21.7. The van der Waals surface area contributed by atoms with Gasteiger partial charge in [-0.3, -0.25) is 4.79 Å². The Bertz CT molecular complexity index is 398. The molecule has 6 heteroatoms. The molecule has 0 unspecified atom stereocenters. The normalized spacial score (nSPS) is 9.87. The average molecular weight is 336 g/mol. The number of hydrogen-bond donors (Lipinski definition) is 0. The number of anilines is 1. The van der Waals surface area contributed by atoms with E-state index in [1.807, 2.05) is 6.92 Å². The molecule has 0 aliphatic rings. The maximum absolute atomic E-state index is 11.2. The fourth-order valence-electron chi connectivity index (χ4n) is 1.15. The van der Waals surface area contributed by atoms with Crippen molar-refractivity contribution in [3.8, 4) is 0 Å². The van der Waals surface area contributed by atoms with Crippen LogP contribution >= 0.6 is 31.9 Å². The van der Waals surface area contributed by atoms with Gasteiger partial charge in [-0.1, -0.05) is 0 Å². The Hall–Kier alpha value is -0.750. The minimum atomic E-state index is -0.435. The van der Waals surface area contributed by atoms with Crippen LogP contribution in [0.5, 0.6) is 0 Å². The molecule has 0 saturated heterocycles. The van der Waals surface area contributed by atoms with E-state index in [2.05, 4.69) is 37.1 Å². The summed E-state index contributed by atoms with van der Waals surface area (Å²) in [7, 11) is 0. The molecule has 0 saturated carbocycles. The zero-order valence-electron chi connectivity index (χ0n) is 8.12. The first-order chi connectivity index (χ1) is 6.97. The van der Waals surface area contributed by atoms with E-state index in [1.165, 1.54) is 6.92 Å². The molecule has 80 valence electrons. The van der Waals surface area contributed by atoms with Crippen LogP contribution in [0.4, 0.5) is 5.69 Å². The summed E-state index contributed by atoms with van der Waals surface area (Å²) in [6.07, 6.45) is 0. The maximum atomic E-state index is 11.2. The molecule has 0 spiro atoms. The van der Waals surface area contributed by atoms with Crippen molar-refractivity contribution < 1.29 is 4.79 Å². The Labute approximate surface area is 104 Å². The van der Waals surface area contributed by atoms with E-state index < -0.39 is 5.91 Å². The second-order valence-corrected chi connectivity index (χ2v) is 4.70. The van der Waals surface area contributed by atoms with E-state index in [0.717, 1.165) is 10.6 Å². The number of carbonyl (C=O) groups excluding carboxylic acids is 1. The molecule has 0 N–H and O–H groups in total. The predicted molar refractivity (Wildman–Crippen MR) is 65.5 cm³/mol. The van der Waals surface area contributed by atoms with Gasteiger partial charge in [-0.05, 0) is 56.5 Å². The van der Waals surface area contributed by atoms with Crippen LogP contribution in [0, 0.1) is 11.8 Å². The Balaban J connectivity index is 3.35. The van der Waals surface area contributed by atoms with Gasteiger partial charge in [0, 0.05) is 15.9 Å². The van der Waals surface area contributed by atoms with E-state index in [1.54, 1.807) is 12.1 Å². The van der Waals surface area contributed by atoms with Gasteiger partial charge in [0.15, 0.2) is 0 Å².